The van der Waals surface area contributed by atoms with Crippen LogP contribution < -0.4 is 11.0 Å². The van der Waals surface area contributed by atoms with Crippen LogP contribution in [0.4, 0.5) is 5.82 Å². The predicted octanol–water partition coefficient (Wildman–Crippen LogP) is -0.913. The van der Waals surface area contributed by atoms with Crippen molar-refractivity contribution >= 4 is 11.7 Å². The van der Waals surface area contributed by atoms with Crippen molar-refractivity contribution < 1.29 is 24.9 Å². The van der Waals surface area contributed by atoms with Crippen LogP contribution in [0.3, 0.4) is 0 Å². The molecule has 0 aromatic carbocycles. The number of aromatic nitrogens is 2. The Kier molecular flexibility index (Phi) is 5.40. The minimum absolute atomic E-state index is 0.0106. The molecule has 1 amide bonds. The molecule has 1 saturated heterocycles. The molecule has 1 aromatic heterocycles. The van der Waals surface area contributed by atoms with E-state index in [0.29, 0.717) is 0 Å². The summed E-state index contributed by atoms with van der Waals surface area (Å²) >= 11 is 0. The van der Waals surface area contributed by atoms with Crippen molar-refractivity contribution in [2.24, 2.45) is 11.0 Å². The number of carbonyl (C=O) groups excluding carboxylic acids is 1. The number of nitrogens with zero attached hydrogens (tertiary/aromatic N) is 5. The fraction of sp³-hybridized carbons (Fsp3) is 0.615. The third-order valence-electron chi connectivity index (χ3n) is 3.72. The zero-order valence-corrected chi connectivity index (χ0v) is 13.5. The summed E-state index contributed by atoms with van der Waals surface area (Å²) in [7, 11) is 0. The lowest BCUT2D eigenvalue weighted by Crippen LogP contribution is -2.44. The van der Waals surface area contributed by atoms with Crippen LogP contribution in [0.1, 0.15) is 20.1 Å². The molecule has 2 heterocycles. The lowest BCUT2D eigenvalue weighted by Gasteiger charge is -2.23. The normalized spacial score (nSPS) is 28.6. The van der Waals surface area contributed by atoms with Gasteiger partial charge in [0.15, 0.2) is 6.23 Å². The van der Waals surface area contributed by atoms with Crippen LogP contribution in [0, 0.1) is 5.92 Å². The van der Waals surface area contributed by atoms with Gasteiger partial charge in [0.05, 0.1) is 6.61 Å². The highest BCUT2D eigenvalue weighted by Crippen LogP contribution is 2.37. The van der Waals surface area contributed by atoms with Crippen molar-refractivity contribution in [2.75, 3.05) is 11.9 Å². The van der Waals surface area contributed by atoms with Crippen molar-refractivity contribution in [1.82, 2.24) is 9.55 Å². The second-order valence-electron chi connectivity index (χ2n) is 5.78. The van der Waals surface area contributed by atoms with Gasteiger partial charge in [0.1, 0.15) is 18.0 Å². The summed E-state index contributed by atoms with van der Waals surface area (Å²) in [6, 6.07) is 1.30. The Hall–Kier alpha value is -2.50. The van der Waals surface area contributed by atoms with E-state index in [4.69, 9.17) is 10.3 Å². The number of ether oxygens (including phenoxy) is 1. The van der Waals surface area contributed by atoms with Gasteiger partial charge in [-0.25, -0.2) is 4.79 Å². The van der Waals surface area contributed by atoms with Crippen LogP contribution in [0.25, 0.3) is 10.4 Å². The second-order valence-corrected chi connectivity index (χ2v) is 5.78. The van der Waals surface area contributed by atoms with Crippen molar-refractivity contribution in [2.45, 2.75) is 38.0 Å². The first-order valence-electron chi connectivity index (χ1n) is 7.37. The Morgan fingerprint density at radius 2 is 2.28 bits per heavy atom. The van der Waals surface area contributed by atoms with Crippen LogP contribution in [-0.2, 0) is 9.53 Å². The molecule has 0 saturated carbocycles. The van der Waals surface area contributed by atoms with E-state index in [0.717, 1.165) is 4.57 Å². The first-order valence-corrected chi connectivity index (χ1v) is 7.37. The summed E-state index contributed by atoms with van der Waals surface area (Å²) in [5.41, 5.74) is 5.55. The summed E-state index contributed by atoms with van der Waals surface area (Å²) in [6.07, 6.45) is -3.67. The van der Waals surface area contributed by atoms with Crippen molar-refractivity contribution in [3.63, 3.8) is 0 Å². The molecule has 1 aliphatic rings. The Bertz CT molecular complexity index is 760. The third-order valence-corrected chi connectivity index (χ3v) is 3.72. The van der Waals surface area contributed by atoms with E-state index in [1.807, 2.05) is 0 Å². The number of rotatable bonds is 5. The van der Waals surface area contributed by atoms with Gasteiger partial charge in [-0.3, -0.25) is 9.36 Å². The maximum atomic E-state index is 12.1. The van der Waals surface area contributed by atoms with E-state index in [2.05, 4.69) is 20.3 Å². The summed E-state index contributed by atoms with van der Waals surface area (Å²) in [5, 5.41) is 35.1. The number of anilines is 1. The molecular formula is C13H18N6O6. The summed E-state index contributed by atoms with van der Waals surface area (Å²) < 4.78 is 6.10. The van der Waals surface area contributed by atoms with Crippen molar-refractivity contribution in [3.05, 3.63) is 33.2 Å². The van der Waals surface area contributed by atoms with Gasteiger partial charge in [-0.2, -0.15) is 4.98 Å². The standard InChI is InChI=1S/C13H18N6O6/c1-6(2)10(23)15-7-3-4-19(12(24)16-7)11-8(21)9(22)13(5-20,25-11)17-18-14/h3-4,6,8-9,11,20-22H,5H2,1-2H3,(H,15,16,23,24)/t8-,9+,11-,13-/m1/s1. The van der Waals surface area contributed by atoms with Gasteiger partial charge in [-0.15, -0.1) is 0 Å². The van der Waals surface area contributed by atoms with Gasteiger partial charge in [-0.1, -0.05) is 19.0 Å². The maximum absolute atomic E-state index is 12.1. The molecule has 1 fully saturated rings. The van der Waals surface area contributed by atoms with Crippen LogP contribution in [-0.4, -0.2) is 55.3 Å². The average Bonchev–Trinajstić information content (AvgIpc) is 2.81. The minimum Gasteiger partial charge on any atom is -0.393 e. The zero-order valence-electron chi connectivity index (χ0n) is 13.5. The van der Waals surface area contributed by atoms with E-state index < -0.39 is 36.5 Å². The highest BCUT2D eigenvalue weighted by molar-refractivity contribution is 5.91. The van der Waals surface area contributed by atoms with Crippen LogP contribution in [0.5, 0.6) is 0 Å². The fourth-order valence-electron chi connectivity index (χ4n) is 2.26. The van der Waals surface area contributed by atoms with Crippen LogP contribution in [0.15, 0.2) is 22.2 Å². The minimum atomic E-state index is -2.12. The number of azide groups is 1. The number of hydrogen-bond donors (Lipinski definition) is 4. The highest BCUT2D eigenvalue weighted by Gasteiger charge is 2.54. The summed E-state index contributed by atoms with van der Waals surface area (Å²) in [6.45, 7) is 2.44. The molecule has 12 nitrogen and oxygen atoms in total. The monoisotopic (exact) mass is 354 g/mol. The largest absolute Gasteiger partial charge is 0.393 e. The van der Waals surface area contributed by atoms with E-state index in [1.54, 1.807) is 13.8 Å². The SMILES string of the molecule is CC(C)C(=O)Nc1ccn([C@@H]2O[C@@](CO)(N=[N+]=[N-])[C@@H](O)[C@H]2O)c(=O)n1. The fourth-order valence-corrected chi connectivity index (χ4v) is 2.26. The average molecular weight is 354 g/mol. The molecule has 1 aromatic rings. The van der Waals surface area contributed by atoms with Gasteiger partial charge >= 0.3 is 5.69 Å². The van der Waals surface area contributed by atoms with E-state index in [9.17, 15) is 24.9 Å². The number of hydrogen-bond acceptors (Lipinski definition) is 8. The molecule has 4 atom stereocenters. The molecule has 25 heavy (non-hydrogen) atoms. The molecule has 4 N–H and O–H groups in total. The zero-order chi connectivity index (χ0) is 18.8. The number of aliphatic hydroxyl groups is 3. The van der Waals surface area contributed by atoms with Crippen LogP contribution in [0.2, 0.25) is 0 Å². The molecule has 0 spiro atoms. The smallest absolute Gasteiger partial charge is 0.351 e. The van der Waals surface area contributed by atoms with E-state index in [1.165, 1.54) is 12.3 Å². The molecule has 0 bridgehead atoms. The highest BCUT2D eigenvalue weighted by atomic mass is 16.6. The Balaban J connectivity index is 2.32. The van der Waals surface area contributed by atoms with Gasteiger partial charge < -0.3 is 25.4 Å². The quantitative estimate of drug-likeness (QED) is 0.299. The molecule has 136 valence electrons. The molecular weight excluding hydrogens is 336 g/mol. The summed E-state index contributed by atoms with van der Waals surface area (Å²) in [4.78, 5) is 29.9. The predicted molar refractivity (Wildman–Crippen MR) is 83.1 cm³/mol. The first-order chi connectivity index (χ1) is 11.8. The van der Waals surface area contributed by atoms with Gasteiger partial charge in [0.2, 0.25) is 11.6 Å². The van der Waals surface area contributed by atoms with Gasteiger partial charge in [0, 0.05) is 17.0 Å². The van der Waals surface area contributed by atoms with Crippen molar-refractivity contribution in [1.29, 1.82) is 0 Å². The Morgan fingerprint density at radius 1 is 1.60 bits per heavy atom. The van der Waals surface area contributed by atoms with Gasteiger partial charge in [0.25, 0.3) is 0 Å². The maximum Gasteiger partial charge on any atom is 0.351 e. The number of nitrogens with one attached hydrogen (secondary N) is 1. The number of aliphatic hydroxyl groups excluding tert-OH is 3. The first kappa shape index (κ1) is 18.8. The molecule has 0 radical (unpaired) electrons. The van der Waals surface area contributed by atoms with E-state index >= 15 is 0 Å². The molecule has 12 heteroatoms. The van der Waals surface area contributed by atoms with Crippen LogP contribution >= 0.6 is 0 Å². The molecule has 2 rings (SSSR count). The molecule has 0 unspecified atom stereocenters. The summed E-state index contributed by atoms with van der Waals surface area (Å²) in [5.74, 6) is -0.635. The molecule has 1 aliphatic heterocycles. The third kappa shape index (κ3) is 3.48. The van der Waals surface area contributed by atoms with Gasteiger partial charge in [-0.05, 0) is 11.6 Å². The van der Waals surface area contributed by atoms with E-state index in [-0.39, 0.29) is 17.6 Å². The lowest BCUT2D eigenvalue weighted by molar-refractivity contribution is -0.125. The number of carbonyl (C=O) groups is 1. The Morgan fingerprint density at radius 3 is 2.80 bits per heavy atom. The number of amides is 1. The Labute approximate surface area is 141 Å². The lowest BCUT2D eigenvalue weighted by atomic mass is 10.1. The van der Waals surface area contributed by atoms with Crippen molar-refractivity contribution in [3.8, 4) is 0 Å². The second kappa shape index (κ2) is 7.17. The molecule has 0 aliphatic carbocycles. The topological polar surface area (TPSA) is 183 Å².